The molecule has 6 nitrogen and oxygen atoms in total. The average molecular weight is 443 g/mol. The number of para-hydroxylation sites is 1. The number of ether oxygens (including phenoxy) is 1. The lowest BCUT2D eigenvalue weighted by Gasteiger charge is -2.34. The van der Waals surface area contributed by atoms with Crippen LogP contribution >= 0.6 is 11.8 Å². The zero-order chi connectivity index (χ0) is 22.1. The van der Waals surface area contributed by atoms with Gasteiger partial charge in [0.15, 0.2) is 11.3 Å². The number of amidine groups is 1. The predicted octanol–water partition coefficient (Wildman–Crippen LogP) is 3.08. The van der Waals surface area contributed by atoms with E-state index in [1.807, 2.05) is 48.5 Å². The number of amides is 1. The van der Waals surface area contributed by atoms with Crippen molar-refractivity contribution in [1.82, 2.24) is 10.3 Å². The van der Waals surface area contributed by atoms with E-state index in [0.29, 0.717) is 16.6 Å². The molecule has 2 aliphatic heterocycles. The lowest BCUT2D eigenvalue weighted by Crippen LogP contribution is -2.50. The third-order valence-electron chi connectivity index (χ3n) is 5.40. The number of thioether (sulfide) groups is 1. The fourth-order valence-corrected chi connectivity index (χ4v) is 4.55. The number of methoxy groups -OCH3 is 1. The summed E-state index contributed by atoms with van der Waals surface area (Å²) in [5.74, 6) is 1.26. The first-order valence-corrected chi connectivity index (χ1v) is 11.3. The molecule has 2 heterocycles. The van der Waals surface area contributed by atoms with Gasteiger partial charge in [-0.3, -0.25) is 15.1 Å². The molecule has 32 heavy (non-hydrogen) atoms. The van der Waals surface area contributed by atoms with E-state index in [-0.39, 0.29) is 5.91 Å². The van der Waals surface area contributed by atoms with Crippen LogP contribution in [0.1, 0.15) is 22.9 Å². The highest BCUT2D eigenvalue weighted by molar-refractivity contribution is 8.13. The van der Waals surface area contributed by atoms with E-state index in [1.165, 1.54) is 22.9 Å². The standard InChI is InChI=1S/C25H22N4O2S/c1-16-10-12-17(13-11-16)15-32-25-27-24(30)22-20-8-3-4-9-21(20)26-23(29(22)28-25)18-6-5-7-19(14-18)31-2/h3-14,23H,15H2,1-2H3,(H,27,28,30)/t23-/m1/s1. The monoisotopic (exact) mass is 442 g/mol. The summed E-state index contributed by atoms with van der Waals surface area (Å²) in [6, 6.07) is 23.7. The Kier molecular flexibility index (Phi) is 5.41. The number of nitrogens with one attached hydrogen (secondary N) is 1. The van der Waals surface area contributed by atoms with Crippen LogP contribution in [0.25, 0.3) is 5.70 Å². The summed E-state index contributed by atoms with van der Waals surface area (Å²) in [5, 5.41) is 11.6. The zero-order valence-corrected chi connectivity index (χ0v) is 18.6. The minimum Gasteiger partial charge on any atom is -0.497 e. The largest absolute Gasteiger partial charge is 0.497 e. The Hall–Kier alpha value is -3.58. The van der Waals surface area contributed by atoms with Crippen molar-refractivity contribution in [2.75, 3.05) is 7.11 Å². The van der Waals surface area contributed by atoms with Gasteiger partial charge in [-0.1, -0.05) is 71.9 Å². The molecule has 1 amide bonds. The summed E-state index contributed by atoms with van der Waals surface area (Å²) in [6.45, 7) is 2.07. The van der Waals surface area contributed by atoms with Gasteiger partial charge in [0.1, 0.15) is 11.4 Å². The number of carbonyl (C=O) groups is 1. The molecule has 5 rings (SSSR count). The zero-order valence-electron chi connectivity index (χ0n) is 17.8. The number of aryl methyl sites for hydroxylation is 1. The summed E-state index contributed by atoms with van der Waals surface area (Å²) in [5.41, 5.74) is 3.79. The molecule has 0 saturated carbocycles. The van der Waals surface area contributed by atoms with Crippen molar-refractivity contribution < 1.29 is 9.53 Å². The Labute approximate surface area is 190 Å². The first-order chi connectivity index (χ1) is 15.6. The Morgan fingerprint density at radius 2 is 1.88 bits per heavy atom. The normalized spacial score (nSPS) is 17.0. The van der Waals surface area contributed by atoms with Gasteiger partial charge in [-0.05, 0) is 30.7 Å². The summed E-state index contributed by atoms with van der Waals surface area (Å²) >= 11 is 1.50. The SMILES string of the molecule is COc1cccc([C@@H]2N=c3ccccc3=C3C(=O)NC(SCc4ccc(C)cc4)=NN32)c1. The maximum absolute atomic E-state index is 13.2. The Bertz CT molecular complexity index is 1330. The number of rotatable bonds is 4. The van der Waals surface area contributed by atoms with Gasteiger partial charge in [-0.2, -0.15) is 0 Å². The third-order valence-corrected chi connectivity index (χ3v) is 6.34. The van der Waals surface area contributed by atoms with Gasteiger partial charge in [0.25, 0.3) is 5.91 Å². The highest BCUT2D eigenvalue weighted by Gasteiger charge is 2.34. The molecule has 0 unspecified atom stereocenters. The second-order valence-corrected chi connectivity index (χ2v) is 8.59. The topological polar surface area (TPSA) is 66.3 Å². The predicted molar refractivity (Wildman–Crippen MR) is 126 cm³/mol. The van der Waals surface area contributed by atoms with Crippen LogP contribution in [-0.2, 0) is 10.5 Å². The molecule has 0 bridgehead atoms. The number of nitrogens with zero attached hydrogens (tertiary/aromatic N) is 3. The number of hydrogen-bond donors (Lipinski definition) is 1. The van der Waals surface area contributed by atoms with Crippen LogP contribution in [0.15, 0.2) is 82.9 Å². The molecule has 0 saturated heterocycles. The number of hydrogen-bond acceptors (Lipinski definition) is 6. The van der Waals surface area contributed by atoms with E-state index in [1.54, 1.807) is 12.1 Å². The fraction of sp³-hybridized carbons (Fsp3) is 0.160. The molecule has 3 aromatic carbocycles. The summed E-state index contributed by atoms with van der Waals surface area (Å²) in [4.78, 5) is 18.1. The second kappa shape index (κ2) is 8.51. The lowest BCUT2D eigenvalue weighted by atomic mass is 10.1. The van der Waals surface area contributed by atoms with Crippen molar-refractivity contribution >= 4 is 28.5 Å². The van der Waals surface area contributed by atoms with Crippen molar-refractivity contribution in [3.8, 4) is 5.75 Å². The smallest absolute Gasteiger partial charge is 0.276 e. The maximum atomic E-state index is 13.2. The van der Waals surface area contributed by atoms with Crippen LogP contribution in [0.3, 0.4) is 0 Å². The lowest BCUT2D eigenvalue weighted by molar-refractivity contribution is -0.116. The molecule has 3 aromatic rings. The van der Waals surface area contributed by atoms with Gasteiger partial charge < -0.3 is 4.74 Å². The van der Waals surface area contributed by atoms with Crippen molar-refractivity contribution in [3.05, 3.63) is 100 Å². The molecule has 160 valence electrons. The van der Waals surface area contributed by atoms with Crippen LogP contribution in [-0.4, -0.2) is 23.2 Å². The first-order valence-electron chi connectivity index (χ1n) is 10.3. The van der Waals surface area contributed by atoms with Gasteiger partial charge in [0, 0.05) is 16.5 Å². The van der Waals surface area contributed by atoms with Gasteiger partial charge in [0.2, 0.25) is 0 Å². The number of carbonyl (C=O) groups excluding carboxylic acids is 1. The highest BCUT2D eigenvalue weighted by atomic mass is 32.2. The van der Waals surface area contributed by atoms with E-state index in [0.717, 1.165) is 21.9 Å². The van der Waals surface area contributed by atoms with Gasteiger partial charge in [0.05, 0.1) is 12.5 Å². The van der Waals surface area contributed by atoms with Crippen molar-refractivity contribution in [2.24, 2.45) is 10.1 Å². The van der Waals surface area contributed by atoms with E-state index in [4.69, 9.17) is 14.8 Å². The quantitative estimate of drug-likeness (QED) is 0.674. The first kappa shape index (κ1) is 20.3. The van der Waals surface area contributed by atoms with E-state index < -0.39 is 6.17 Å². The summed E-state index contributed by atoms with van der Waals surface area (Å²) in [6.07, 6.45) is -0.462. The van der Waals surface area contributed by atoms with Crippen molar-refractivity contribution in [3.63, 3.8) is 0 Å². The van der Waals surface area contributed by atoms with E-state index in [2.05, 4.69) is 36.5 Å². The van der Waals surface area contributed by atoms with Crippen LogP contribution in [0, 0.1) is 6.92 Å². The molecule has 1 N–H and O–H groups in total. The molecular weight excluding hydrogens is 420 g/mol. The van der Waals surface area contributed by atoms with Gasteiger partial charge in [-0.25, -0.2) is 5.01 Å². The van der Waals surface area contributed by atoms with Crippen LogP contribution in [0.5, 0.6) is 5.75 Å². The van der Waals surface area contributed by atoms with Crippen molar-refractivity contribution in [1.29, 1.82) is 0 Å². The number of benzene rings is 3. The van der Waals surface area contributed by atoms with Crippen LogP contribution < -0.4 is 20.6 Å². The third kappa shape index (κ3) is 3.87. The molecule has 1 atom stereocenters. The number of fused-ring (bicyclic) bond motifs is 2. The second-order valence-electron chi connectivity index (χ2n) is 7.62. The molecule has 2 aliphatic rings. The number of hydrazone groups is 1. The fourth-order valence-electron chi connectivity index (χ4n) is 3.75. The van der Waals surface area contributed by atoms with Gasteiger partial charge in [-0.15, -0.1) is 5.10 Å². The molecule has 0 aliphatic carbocycles. The van der Waals surface area contributed by atoms with Gasteiger partial charge >= 0.3 is 0 Å². The summed E-state index contributed by atoms with van der Waals surface area (Å²) < 4.78 is 5.40. The molecule has 0 aromatic heterocycles. The van der Waals surface area contributed by atoms with Crippen LogP contribution in [0.4, 0.5) is 0 Å². The molecular formula is C25H22N4O2S. The molecule has 7 heteroatoms. The molecule has 0 radical (unpaired) electrons. The molecule has 0 spiro atoms. The van der Waals surface area contributed by atoms with Crippen LogP contribution in [0.2, 0.25) is 0 Å². The summed E-state index contributed by atoms with van der Waals surface area (Å²) in [7, 11) is 1.64. The minimum atomic E-state index is -0.462. The molecule has 0 fully saturated rings. The van der Waals surface area contributed by atoms with E-state index >= 15 is 0 Å². The van der Waals surface area contributed by atoms with E-state index in [9.17, 15) is 4.79 Å². The minimum absolute atomic E-state index is 0.179. The average Bonchev–Trinajstić information content (AvgIpc) is 2.83. The maximum Gasteiger partial charge on any atom is 0.276 e. The Balaban J connectivity index is 1.55. The Morgan fingerprint density at radius 1 is 1.06 bits per heavy atom. The Morgan fingerprint density at radius 3 is 2.69 bits per heavy atom. The highest BCUT2D eigenvalue weighted by Crippen LogP contribution is 2.32. The van der Waals surface area contributed by atoms with Crippen molar-refractivity contribution in [2.45, 2.75) is 18.8 Å².